The number of rotatable bonds is 9. The van der Waals surface area contributed by atoms with Crippen LogP contribution < -0.4 is 5.32 Å². The summed E-state index contributed by atoms with van der Waals surface area (Å²) in [4.78, 5) is 31.5. The van der Waals surface area contributed by atoms with Crippen LogP contribution in [0.3, 0.4) is 0 Å². The van der Waals surface area contributed by atoms with E-state index in [9.17, 15) is 9.59 Å². The van der Waals surface area contributed by atoms with Crippen LogP contribution in [0.25, 0.3) is 5.69 Å². The molecule has 0 spiro atoms. The van der Waals surface area contributed by atoms with Crippen molar-refractivity contribution < 1.29 is 9.59 Å². The van der Waals surface area contributed by atoms with Gasteiger partial charge in [-0.25, -0.2) is 4.68 Å². The van der Waals surface area contributed by atoms with Gasteiger partial charge in [-0.2, -0.15) is 5.10 Å². The third-order valence-electron chi connectivity index (χ3n) is 8.44. The number of aromatic nitrogens is 2. The topological polar surface area (TPSA) is 70.5 Å². The summed E-state index contributed by atoms with van der Waals surface area (Å²) >= 11 is 0. The van der Waals surface area contributed by atoms with Crippen molar-refractivity contribution in [3.63, 3.8) is 0 Å². The van der Waals surface area contributed by atoms with Crippen molar-refractivity contribution in [3.05, 3.63) is 83.2 Å². The van der Waals surface area contributed by atoms with Crippen LogP contribution in [0.4, 0.5) is 0 Å². The summed E-state index contributed by atoms with van der Waals surface area (Å²) in [5.74, 6) is 0.258. The molecule has 0 saturated carbocycles. The zero-order chi connectivity index (χ0) is 27.4. The molecule has 8 heteroatoms. The van der Waals surface area contributed by atoms with Gasteiger partial charge in [-0.05, 0) is 69.8 Å². The fraction of sp³-hybridized carbons (Fsp3) is 0.469. The van der Waals surface area contributed by atoms with E-state index in [1.807, 2.05) is 58.1 Å². The molecule has 2 aliphatic heterocycles. The summed E-state index contributed by atoms with van der Waals surface area (Å²) in [6.45, 7) is 9.68. The Morgan fingerprint density at radius 3 is 2.25 bits per heavy atom. The molecule has 2 saturated heterocycles. The van der Waals surface area contributed by atoms with Crippen molar-refractivity contribution in [2.24, 2.45) is 5.92 Å². The number of benzene rings is 2. The minimum Gasteiger partial charge on any atom is -0.342 e. The molecule has 3 aromatic rings. The Labute approximate surface area is 244 Å². The quantitative estimate of drug-likeness (QED) is 0.403. The van der Waals surface area contributed by atoms with Crippen LogP contribution in [0.1, 0.15) is 55.1 Å². The Kier molecular flexibility index (Phi) is 10.0. The normalized spacial score (nSPS) is 20.3. The molecule has 1 N–H and O–H groups in total. The standard InChI is InChI=1S/C32H41N5O2.ClH/c1-4-5-18-36-30(31(38)33-29(32(36)39)21-25-12-8-6-9-13-25)26-16-19-35(20-17-26)22-28-23(2)34-37(24(28)3)27-14-10-7-11-15-27;/h6-15,26,29-30H,4-5,16-22H2,1-3H3,(H,33,38);1H/t29-,30?;/m0./s1. The summed E-state index contributed by atoms with van der Waals surface area (Å²) in [5, 5.41) is 7.92. The van der Waals surface area contributed by atoms with E-state index < -0.39 is 6.04 Å². The number of unbranched alkanes of at least 4 members (excludes halogenated alkanes) is 1. The third-order valence-corrected chi connectivity index (χ3v) is 8.44. The monoisotopic (exact) mass is 563 g/mol. The maximum Gasteiger partial charge on any atom is 0.246 e. The highest BCUT2D eigenvalue weighted by Crippen LogP contribution is 2.30. The highest BCUT2D eigenvalue weighted by atomic mass is 35.5. The SMILES string of the molecule is CCCCN1C(=O)[C@H](Cc2ccccc2)NC(=O)C1C1CCN(Cc2c(C)nn(-c3ccccc3)c2C)CC1.Cl. The number of hydrogen-bond acceptors (Lipinski definition) is 4. The van der Waals surface area contributed by atoms with E-state index >= 15 is 0 Å². The number of piperidine rings is 1. The first-order valence-electron chi connectivity index (χ1n) is 14.4. The first kappa shape index (κ1) is 29.8. The predicted octanol–water partition coefficient (Wildman–Crippen LogP) is 4.86. The number of carbonyl (C=O) groups excluding carboxylic acids is 2. The molecule has 7 nitrogen and oxygen atoms in total. The highest BCUT2D eigenvalue weighted by Gasteiger charge is 2.44. The zero-order valence-corrected chi connectivity index (χ0v) is 24.7. The lowest BCUT2D eigenvalue weighted by Crippen LogP contribution is -2.66. The van der Waals surface area contributed by atoms with Crippen LogP contribution in [0.5, 0.6) is 0 Å². The van der Waals surface area contributed by atoms with Crippen molar-refractivity contribution in [2.45, 2.75) is 71.5 Å². The van der Waals surface area contributed by atoms with Gasteiger partial charge in [0, 0.05) is 30.8 Å². The third kappa shape index (κ3) is 6.42. The van der Waals surface area contributed by atoms with Gasteiger partial charge in [-0.3, -0.25) is 14.5 Å². The second-order valence-corrected chi connectivity index (χ2v) is 11.1. The van der Waals surface area contributed by atoms with Crippen molar-refractivity contribution in [2.75, 3.05) is 19.6 Å². The van der Waals surface area contributed by atoms with E-state index in [0.29, 0.717) is 13.0 Å². The van der Waals surface area contributed by atoms with Crippen molar-refractivity contribution >= 4 is 24.2 Å². The van der Waals surface area contributed by atoms with Gasteiger partial charge >= 0.3 is 0 Å². The fourth-order valence-electron chi connectivity index (χ4n) is 6.21. The van der Waals surface area contributed by atoms with Crippen molar-refractivity contribution in [1.82, 2.24) is 24.9 Å². The molecule has 2 fully saturated rings. The largest absolute Gasteiger partial charge is 0.342 e. The van der Waals surface area contributed by atoms with E-state index in [2.05, 4.69) is 43.1 Å². The number of hydrogen-bond donors (Lipinski definition) is 1. The number of likely N-dealkylation sites (tertiary alicyclic amines) is 1. The molecule has 1 unspecified atom stereocenters. The van der Waals surface area contributed by atoms with Gasteiger partial charge in [0.05, 0.1) is 11.4 Å². The van der Waals surface area contributed by atoms with Crippen molar-refractivity contribution in [3.8, 4) is 5.69 Å². The first-order valence-corrected chi connectivity index (χ1v) is 14.4. The van der Waals surface area contributed by atoms with Crippen LogP contribution >= 0.6 is 12.4 Å². The van der Waals surface area contributed by atoms with Gasteiger partial charge in [0.1, 0.15) is 12.1 Å². The van der Waals surface area contributed by atoms with Crippen LogP contribution in [0.15, 0.2) is 60.7 Å². The number of carbonyl (C=O) groups is 2. The molecule has 5 rings (SSSR count). The van der Waals surface area contributed by atoms with E-state index in [1.54, 1.807) is 0 Å². The zero-order valence-electron chi connectivity index (χ0n) is 23.9. The molecule has 3 heterocycles. The van der Waals surface area contributed by atoms with Gasteiger partial charge in [0.15, 0.2) is 0 Å². The Hall–Kier alpha value is -3.16. The Bertz CT molecular complexity index is 1270. The van der Waals surface area contributed by atoms with E-state index in [4.69, 9.17) is 5.10 Å². The molecule has 214 valence electrons. The average molecular weight is 564 g/mol. The number of nitrogens with one attached hydrogen (secondary N) is 1. The average Bonchev–Trinajstić information content (AvgIpc) is 3.24. The number of halogens is 1. The molecule has 2 amide bonds. The number of amides is 2. The van der Waals surface area contributed by atoms with Gasteiger partial charge in [-0.1, -0.05) is 61.9 Å². The fourth-order valence-corrected chi connectivity index (χ4v) is 6.21. The van der Waals surface area contributed by atoms with Crippen LogP contribution in [-0.4, -0.2) is 63.1 Å². The smallest absolute Gasteiger partial charge is 0.246 e. The minimum absolute atomic E-state index is 0. The summed E-state index contributed by atoms with van der Waals surface area (Å²) in [7, 11) is 0. The Morgan fingerprint density at radius 1 is 0.950 bits per heavy atom. The maximum absolute atomic E-state index is 13.6. The lowest BCUT2D eigenvalue weighted by Gasteiger charge is -2.45. The second kappa shape index (κ2) is 13.5. The predicted molar refractivity (Wildman–Crippen MR) is 161 cm³/mol. The maximum atomic E-state index is 13.6. The molecule has 0 radical (unpaired) electrons. The lowest BCUT2D eigenvalue weighted by molar-refractivity contribution is -0.152. The number of nitrogens with zero attached hydrogens (tertiary/aromatic N) is 4. The molecule has 2 aliphatic rings. The van der Waals surface area contributed by atoms with Crippen LogP contribution in [0, 0.1) is 19.8 Å². The molecular weight excluding hydrogens is 522 g/mol. The molecular formula is C32H42ClN5O2. The second-order valence-electron chi connectivity index (χ2n) is 11.1. The summed E-state index contributed by atoms with van der Waals surface area (Å²) in [6, 6.07) is 19.4. The molecule has 2 atom stereocenters. The van der Waals surface area contributed by atoms with Gasteiger partial charge in [0.25, 0.3) is 0 Å². The number of piperazine rings is 1. The highest BCUT2D eigenvalue weighted by molar-refractivity contribution is 5.97. The Balaban J connectivity index is 0.00000370. The first-order chi connectivity index (χ1) is 19.0. The van der Waals surface area contributed by atoms with Gasteiger partial charge in [0.2, 0.25) is 11.8 Å². The molecule has 1 aromatic heterocycles. The van der Waals surface area contributed by atoms with E-state index in [0.717, 1.165) is 62.3 Å². The minimum atomic E-state index is -0.486. The van der Waals surface area contributed by atoms with E-state index in [-0.39, 0.29) is 36.2 Å². The lowest BCUT2D eigenvalue weighted by atomic mass is 9.85. The van der Waals surface area contributed by atoms with Gasteiger partial charge < -0.3 is 10.2 Å². The summed E-state index contributed by atoms with van der Waals surface area (Å²) < 4.78 is 2.03. The molecule has 0 bridgehead atoms. The molecule has 2 aromatic carbocycles. The molecule has 0 aliphatic carbocycles. The van der Waals surface area contributed by atoms with E-state index in [1.165, 1.54) is 11.3 Å². The van der Waals surface area contributed by atoms with Gasteiger partial charge in [-0.15, -0.1) is 12.4 Å². The summed E-state index contributed by atoms with van der Waals surface area (Å²) in [6.07, 6.45) is 4.25. The molecule has 40 heavy (non-hydrogen) atoms. The van der Waals surface area contributed by atoms with Crippen molar-refractivity contribution in [1.29, 1.82) is 0 Å². The number of para-hydroxylation sites is 1. The number of aryl methyl sites for hydroxylation is 1. The van der Waals surface area contributed by atoms with Crippen LogP contribution in [-0.2, 0) is 22.6 Å². The van der Waals surface area contributed by atoms with Crippen LogP contribution in [0.2, 0.25) is 0 Å². The Morgan fingerprint density at radius 2 is 1.60 bits per heavy atom. The summed E-state index contributed by atoms with van der Waals surface area (Å²) in [5.41, 5.74) is 5.66.